The average molecular weight is 486 g/mol. The van der Waals surface area contributed by atoms with Crippen LogP contribution < -0.4 is 5.32 Å². The van der Waals surface area contributed by atoms with Crippen molar-refractivity contribution in [2.75, 3.05) is 32.9 Å². The zero-order valence-corrected chi connectivity index (χ0v) is 21.0. The second-order valence-electron chi connectivity index (χ2n) is 10.2. The van der Waals surface area contributed by atoms with Gasteiger partial charge in [0.2, 0.25) is 0 Å². The fourth-order valence-electron chi connectivity index (χ4n) is 4.90. The summed E-state index contributed by atoms with van der Waals surface area (Å²) in [5.74, 6) is 0.0139. The molecule has 1 aliphatic carbocycles. The second-order valence-corrected chi connectivity index (χ2v) is 10.2. The monoisotopic (exact) mass is 485 g/mol. The molecule has 1 saturated heterocycles. The summed E-state index contributed by atoms with van der Waals surface area (Å²) < 4.78 is 16.7. The van der Waals surface area contributed by atoms with Crippen LogP contribution in [0.25, 0.3) is 0 Å². The molecule has 0 aromatic heterocycles. The lowest BCUT2D eigenvalue weighted by Gasteiger charge is -2.39. The fraction of sp³-hybridized carbons (Fsp3) is 0.667. The highest BCUT2D eigenvalue weighted by molar-refractivity contribution is 5.84. The maximum Gasteiger partial charge on any atom is 0.410 e. The van der Waals surface area contributed by atoms with Gasteiger partial charge in [-0.05, 0) is 36.2 Å². The van der Waals surface area contributed by atoms with E-state index in [-0.39, 0.29) is 12.0 Å². The fourth-order valence-corrected chi connectivity index (χ4v) is 4.90. The molecule has 0 bridgehead atoms. The minimum atomic E-state index is -0.979. The SMILES string of the molecule is CC(C)(C[C@H](OC(=O)N1CCOCC1)C(=O)N[C@H](C#N)COCc1ccccc1)C1CCCCC1. The highest BCUT2D eigenvalue weighted by Gasteiger charge is 2.38. The van der Waals surface area contributed by atoms with Gasteiger partial charge in [-0.2, -0.15) is 5.26 Å². The maximum atomic E-state index is 13.3. The van der Waals surface area contributed by atoms with Crippen molar-refractivity contribution >= 4 is 12.0 Å². The van der Waals surface area contributed by atoms with Crippen molar-refractivity contribution in [3.63, 3.8) is 0 Å². The Morgan fingerprint density at radius 1 is 1.17 bits per heavy atom. The van der Waals surface area contributed by atoms with Crippen LogP contribution in [0.3, 0.4) is 0 Å². The number of amides is 2. The lowest BCUT2D eigenvalue weighted by Crippen LogP contribution is -2.49. The number of carbonyl (C=O) groups excluding carboxylic acids is 2. The van der Waals surface area contributed by atoms with Gasteiger partial charge in [-0.15, -0.1) is 0 Å². The summed E-state index contributed by atoms with van der Waals surface area (Å²) in [6.07, 6.45) is 4.77. The Hall–Kier alpha value is -2.63. The van der Waals surface area contributed by atoms with Gasteiger partial charge in [0.25, 0.3) is 5.91 Å². The largest absolute Gasteiger partial charge is 0.436 e. The molecule has 1 saturated carbocycles. The number of ether oxygens (including phenoxy) is 3. The smallest absolute Gasteiger partial charge is 0.410 e. The van der Waals surface area contributed by atoms with Gasteiger partial charge in [0.05, 0.1) is 32.5 Å². The van der Waals surface area contributed by atoms with Crippen LogP contribution in [0.15, 0.2) is 30.3 Å². The van der Waals surface area contributed by atoms with Crippen LogP contribution in [0.5, 0.6) is 0 Å². The van der Waals surface area contributed by atoms with Crippen molar-refractivity contribution in [3.05, 3.63) is 35.9 Å². The van der Waals surface area contributed by atoms with Crippen molar-refractivity contribution in [2.45, 2.75) is 71.1 Å². The number of nitriles is 1. The van der Waals surface area contributed by atoms with Gasteiger partial charge >= 0.3 is 6.09 Å². The summed E-state index contributed by atoms with van der Waals surface area (Å²) in [6, 6.07) is 10.9. The van der Waals surface area contributed by atoms with Crippen molar-refractivity contribution in [1.29, 1.82) is 5.26 Å². The van der Waals surface area contributed by atoms with Crippen LogP contribution in [0.2, 0.25) is 0 Å². The molecule has 0 unspecified atom stereocenters. The third-order valence-electron chi connectivity index (χ3n) is 7.10. The first-order chi connectivity index (χ1) is 16.9. The number of benzene rings is 1. The molecule has 1 aromatic rings. The van der Waals surface area contributed by atoms with Gasteiger partial charge in [0, 0.05) is 13.1 Å². The van der Waals surface area contributed by atoms with Crippen LogP contribution in [0, 0.1) is 22.7 Å². The maximum absolute atomic E-state index is 13.3. The van der Waals surface area contributed by atoms with E-state index in [4.69, 9.17) is 14.2 Å². The van der Waals surface area contributed by atoms with Crippen LogP contribution in [-0.4, -0.2) is 62.0 Å². The average Bonchev–Trinajstić information content (AvgIpc) is 2.89. The summed E-state index contributed by atoms with van der Waals surface area (Å²) in [4.78, 5) is 27.7. The molecule has 0 radical (unpaired) electrons. The molecule has 1 aromatic carbocycles. The molecule has 1 aliphatic heterocycles. The first kappa shape index (κ1) is 27.0. The third-order valence-corrected chi connectivity index (χ3v) is 7.10. The summed E-state index contributed by atoms with van der Waals surface area (Å²) in [7, 11) is 0. The molecule has 2 aliphatic rings. The van der Waals surface area contributed by atoms with E-state index in [0.29, 0.717) is 45.2 Å². The van der Waals surface area contributed by atoms with E-state index < -0.39 is 24.1 Å². The van der Waals surface area contributed by atoms with E-state index in [1.54, 1.807) is 4.90 Å². The molecule has 1 heterocycles. The number of nitrogens with one attached hydrogen (secondary N) is 1. The summed E-state index contributed by atoms with van der Waals surface area (Å²) in [5, 5.41) is 12.3. The van der Waals surface area contributed by atoms with Crippen LogP contribution in [-0.2, 0) is 25.6 Å². The number of hydrogen-bond acceptors (Lipinski definition) is 6. The number of nitrogens with zero attached hydrogens (tertiary/aromatic N) is 2. The Bertz CT molecular complexity index is 842. The zero-order chi connectivity index (χ0) is 25.1. The topological polar surface area (TPSA) is 101 Å². The molecule has 2 atom stereocenters. The van der Waals surface area contributed by atoms with Crippen molar-refractivity contribution < 1.29 is 23.8 Å². The molecule has 3 rings (SSSR count). The lowest BCUT2D eigenvalue weighted by molar-refractivity contribution is -0.133. The summed E-state index contributed by atoms with van der Waals surface area (Å²) in [6.45, 7) is 6.48. The third kappa shape index (κ3) is 8.52. The number of rotatable bonds is 10. The Labute approximate surface area is 208 Å². The van der Waals surface area contributed by atoms with Crippen LogP contribution in [0.1, 0.15) is 57.9 Å². The van der Waals surface area contributed by atoms with Gasteiger partial charge in [-0.3, -0.25) is 4.79 Å². The first-order valence-corrected chi connectivity index (χ1v) is 12.7. The normalized spacial score (nSPS) is 18.8. The molecule has 8 heteroatoms. The van der Waals surface area contributed by atoms with E-state index >= 15 is 0 Å². The molecule has 2 amide bonds. The molecule has 8 nitrogen and oxygen atoms in total. The molecule has 1 N–H and O–H groups in total. The van der Waals surface area contributed by atoms with Gasteiger partial charge in [-0.1, -0.05) is 63.4 Å². The number of carbonyl (C=O) groups is 2. The Morgan fingerprint density at radius 3 is 2.51 bits per heavy atom. The standard InChI is InChI=1S/C27H39N3O5/c1-27(2,22-11-7-4-8-12-22)17-24(35-26(32)30-13-15-33-16-14-30)25(31)29-23(18-28)20-34-19-21-9-5-3-6-10-21/h3,5-6,9-10,22-24H,4,7-8,11-17,19-20H2,1-2H3,(H,29,31)/t23-,24+/m1/s1. The molecule has 192 valence electrons. The minimum absolute atomic E-state index is 0.0489. The highest BCUT2D eigenvalue weighted by atomic mass is 16.6. The van der Waals surface area contributed by atoms with E-state index in [9.17, 15) is 14.9 Å². The molecule has 0 spiro atoms. The van der Waals surface area contributed by atoms with Gasteiger partial charge in [0.15, 0.2) is 6.10 Å². The van der Waals surface area contributed by atoms with E-state index in [0.717, 1.165) is 18.4 Å². The summed E-state index contributed by atoms with van der Waals surface area (Å²) in [5.41, 5.74) is 0.807. The predicted octanol–water partition coefficient (Wildman–Crippen LogP) is 4.05. The van der Waals surface area contributed by atoms with Crippen molar-refractivity contribution in [2.24, 2.45) is 11.3 Å². The first-order valence-electron chi connectivity index (χ1n) is 12.7. The predicted molar refractivity (Wildman–Crippen MR) is 131 cm³/mol. The summed E-state index contributed by atoms with van der Waals surface area (Å²) >= 11 is 0. The number of hydrogen-bond donors (Lipinski definition) is 1. The van der Waals surface area contributed by atoms with Gasteiger partial charge in [0.1, 0.15) is 6.04 Å². The zero-order valence-electron chi connectivity index (χ0n) is 21.0. The molecule has 35 heavy (non-hydrogen) atoms. The lowest BCUT2D eigenvalue weighted by atomic mass is 9.68. The number of morpholine rings is 1. The minimum Gasteiger partial charge on any atom is -0.436 e. The Morgan fingerprint density at radius 2 is 1.86 bits per heavy atom. The molecular formula is C27H39N3O5. The van der Waals surface area contributed by atoms with Crippen molar-refractivity contribution in [1.82, 2.24) is 10.2 Å². The second kappa shape index (κ2) is 13.5. The van der Waals surface area contributed by atoms with E-state index in [2.05, 4.69) is 25.2 Å². The molecular weight excluding hydrogens is 446 g/mol. The van der Waals surface area contributed by atoms with Gasteiger partial charge in [-0.25, -0.2) is 4.79 Å². The van der Waals surface area contributed by atoms with Crippen LogP contribution in [0.4, 0.5) is 4.79 Å². The van der Waals surface area contributed by atoms with Gasteiger partial charge < -0.3 is 24.4 Å². The van der Waals surface area contributed by atoms with Crippen molar-refractivity contribution in [3.8, 4) is 6.07 Å². The van der Waals surface area contributed by atoms with E-state index in [1.165, 1.54) is 19.3 Å². The van der Waals surface area contributed by atoms with Crippen LogP contribution >= 0.6 is 0 Å². The Balaban J connectivity index is 1.62. The Kier molecular flexibility index (Phi) is 10.4. The van der Waals surface area contributed by atoms with E-state index in [1.807, 2.05) is 30.3 Å². The quantitative estimate of drug-likeness (QED) is 0.537. The molecule has 2 fully saturated rings. The highest BCUT2D eigenvalue weighted by Crippen LogP contribution is 2.41.